The van der Waals surface area contributed by atoms with Gasteiger partial charge in [0, 0.05) is 6.42 Å². The molecule has 0 heteroatoms. The highest BCUT2D eigenvalue weighted by atomic mass is 14.2. The Morgan fingerprint density at radius 2 is 1.64 bits per heavy atom. The molecule has 0 nitrogen and oxygen atoms in total. The Labute approximate surface area is 86.0 Å². The Morgan fingerprint density at radius 1 is 0.857 bits per heavy atom. The molecule has 2 rings (SSSR count). The summed E-state index contributed by atoms with van der Waals surface area (Å²) < 4.78 is 0. The molecule has 0 fully saturated rings. The lowest BCUT2D eigenvalue weighted by atomic mass is 9.89. The summed E-state index contributed by atoms with van der Waals surface area (Å²) in [5.74, 6) is 0. The third kappa shape index (κ3) is 1.65. The summed E-state index contributed by atoms with van der Waals surface area (Å²) in [7, 11) is 0. The largest absolute Gasteiger partial charge is 0.0619 e. The predicted molar refractivity (Wildman–Crippen MR) is 61.7 cm³/mol. The van der Waals surface area contributed by atoms with E-state index in [4.69, 9.17) is 0 Å². The van der Waals surface area contributed by atoms with Crippen molar-refractivity contribution in [1.29, 1.82) is 0 Å². The van der Waals surface area contributed by atoms with Crippen molar-refractivity contribution < 1.29 is 0 Å². The smallest absolute Gasteiger partial charge is 0.0164 e. The second-order valence-corrected chi connectivity index (χ2v) is 3.98. The Hall–Kier alpha value is -1.30. The summed E-state index contributed by atoms with van der Waals surface area (Å²) in [6.45, 7) is 6.46. The lowest BCUT2D eigenvalue weighted by molar-refractivity contribution is 1.23. The van der Waals surface area contributed by atoms with E-state index in [1.165, 1.54) is 27.9 Å². The molecule has 0 saturated heterocycles. The maximum absolute atomic E-state index is 2.26. The minimum atomic E-state index is 1.31. The molecular weight excluding hydrogens is 168 g/mol. The van der Waals surface area contributed by atoms with Crippen molar-refractivity contribution in [2.75, 3.05) is 0 Å². The molecule has 0 bridgehead atoms. The lowest BCUT2D eigenvalue weighted by Gasteiger charge is -2.16. The quantitative estimate of drug-likeness (QED) is 0.534. The second-order valence-electron chi connectivity index (χ2n) is 3.98. The second kappa shape index (κ2) is 3.45. The molecule has 0 aromatic heterocycles. The van der Waals surface area contributed by atoms with Crippen LogP contribution < -0.4 is 0 Å². The summed E-state index contributed by atoms with van der Waals surface area (Å²) in [5.41, 5.74) is 6.68. The molecule has 1 radical (unpaired) electrons. The van der Waals surface area contributed by atoms with Crippen molar-refractivity contribution in [2.24, 2.45) is 0 Å². The molecule has 0 aromatic carbocycles. The van der Waals surface area contributed by atoms with Crippen molar-refractivity contribution in [3.63, 3.8) is 0 Å². The maximum atomic E-state index is 2.26. The minimum Gasteiger partial charge on any atom is -0.0619 e. The highest BCUT2D eigenvalue weighted by molar-refractivity contribution is 5.60. The molecular formula is C14H15. The van der Waals surface area contributed by atoms with E-state index in [1.807, 2.05) is 0 Å². The van der Waals surface area contributed by atoms with Gasteiger partial charge in [-0.1, -0.05) is 47.1 Å². The van der Waals surface area contributed by atoms with Crippen molar-refractivity contribution >= 4 is 0 Å². The van der Waals surface area contributed by atoms with Crippen LogP contribution >= 0.6 is 0 Å². The first kappa shape index (κ1) is 9.26. The van der Waals surface area contributed by atoms with Crippen molar-refractivity contribution in [1.82, 2.24) is 0 Å². The zero-order chi connectivity index (χ0) is 10.1. The monoisotopic (exact) mass is 183 g/mol. The third-order valence-corrected chi connectivity index (χ3v) is 2.72. The van der Waals surface area contributed by atoms with Gasteiger partial charge in [0.05, 0.1) is 0 Å². The molecule has 0 unspecified atom stereocenters. The summed E-state index contributed by atoms with van der Waals surface area (Å²) in [4.78, 5) is 0. The summed E-state index contributed by atoms with van der Waals surface area (Å²) in [5, 5.41) is 0. The number of fused-ring (bicyclic) bond motifs is 1. The standard InChI is InChI=1S/C14H15/c1-10-5-4-6-13-8-11(2)12(3)9-14(13)7-10/h4-9H,1-3H3. The minimum absolute atomic E-state index is 1.31. The van der Waals surface area contributed by atoms with Gasteiger partial charge in [0.15, 0.2) is 0 Å². The summed E-state index contributed by atoms with van der Waals surface area (Å²) in [6.07, 6.45) is 13.2. The van der Waals surface area contributed by atoms with Gasteiger partial charge in [-0.05, 0) is 31.9 Å². The molecule has 0 spiro atoms. The van der Waals surface area contributed by atoms with Gasteiger partial charge in [0.1, 0.15) is 0 Å². The van der Waals surface area contributed by atoms with Crippen LogP contribution in [0.2, 0.25) is 0 Å². The molecule has 0 heterocycles. The number of hydrogen-bond donors (Lipinski definition) is 0. The van der Waals surface area contributed by atoms with E-state index in [-0.39, 0.29) is 0 Å². The SMILES string of the molecule is CC1=CC=CC2=CC(C)=C(C)[CH]C2=C1. The third-order valence-electron chi connectivity index (χ3n) is 2.72. The van der Waals surface area contributed by atoms with Gasteiger partial charge < -0.3 is 0 Å². The Bertz CT molecular complexity index is 409. The first-order valence-electron chi connectivity index (χ1n) is 4.98. The van der Waals surface area contributed by atoms with Crippen molar-refractivity contribution in [2.45, 2.75) is 20.8 Å². The molecule has 0 atom stereocenters. The van der Waals surface area contributed by atoms with Crippen LogP contribution in [0, 0.1) is 6.42 Å². The zero-order valence-electron chi connectivity index (χ0n) is 8.96. The average molecular weight is 183 g/mol. The first-order valence-corrected chi connectivity index (χ1v) is 4.98. The summed E-state index contributed by atoms with van der Waals surface area (Å²) in [6, 6.07) is 0. The fourth-order valence-electron chi connectivity index (χ4n) is 1.73. The fourth-order valence-corrected chi connectivity index (χ4v) is 1.73. The Balaban J connectivity index is 2.48. The van der Waals surface area contributed by atoms with E-state index in [9.17, 15) is 0 Å². The Kier molecular flexibility index (Phi) is 2.28. The lowest BCUT2D eigenvalue weighted by Crippen LogP contribution is -1.98. The Morgan fingerprint density at radius 3 is 2.43 bits per heavy atom. The van der Waals surface area contributed by atoms with E-state index < -0.39 is 0 Å². The van der Waals surface area contributed by atoms with Crippen LogP contribution in [0.1, 0.15) is 20.8 Å². The topological polar surface area (TPSA) is 0 Å². The van der Waals surface area contributed by atoms with Gasteiger partial charge in [-0.3, -0.25) is 0 Å². The van der Waals surface area contributed by atoms with Crippen LogP contribution in [0.15, 0.2) is 58.2 Å². The number of hydrogen-bond acceptors (Lipinski definition) is 0. The first-order chi connectivity index (χ1) is 6.66. The molecule has 0 amide bonds. The van der Waals surface area contributed by atoms with Crippen LogP contribution in [-0.4, -0.2) is 0 Å². The van der Waals surface area contributed by atoms with E-state index >= 15 is 0 Å². The molecule has 2 aliphatic carbocycles. The predicted octanol–water partition coefficient (Wildman–Crippen LogP) is 3.91. The fraction of sp³-hybridized carbons (Fsp3) is 0.214. The van der Waals surface area contributed by atoms with E-state index in [1.54, 1.807) is 0 Å². The van der Waals surface area contributed by atoms with Gasteiger partial charge in [0.25, 0.3) is 0 Å². The van der Waals surface area contributed by atoms with Gasteiger partial charge in [-0.15, -0.1) is 0 Å². The van der Waals surface area contributed by atoms with Crippen molar-refractivity contribution in [3.8, 4) is 0 Å². The van der Waals surface area contributed by atoms with Crippen LogP contribution in [-0.2, 0) is 0 Å². The molecule has 0 aromatic rings. The number of rotatable bonds is 0. The molecule has 2 aliphatic rings. The molecule has 0 aliphatic heterocycles. The number of allylic oxidation sites excluding steroid dienone is 10. The zero-order valence-corrected chi connectivity index (χ0v) is 8.96. The van der Waals surface area contributed by atoms with E-state index in [0.29, 0.717) is 0 Å². The molecule has 0 N–H and O–H groups in total. The van der Waals surface area contributed by atoms with Gasteiger partial charge in [-0.2, -0.15) is 0 Å². The highest BCUT2D eigenvalue weighted by Crippen LogP contribution is 2.30. The van der Waals surface area contributed by atoms with Gasteiger partial charge in [-0.25, -0.2) is 0 Å². The molecule has 71 valence electrons. The van der Waals surface area contributed by atoms with Crippen LogP contribution in [0.3, 0.4) is 0 Å². The van der Waals surface area contributed by atoms with E-state index in [2.05, 4.69) is 57.6 Å². The maximum Gasteiger partial charge on any atom is 0.0164 e. The van der Waals surface area contributed by atoms with Crippen LogP contribution in [0.5, 0.6) is 0 Å². The average Bonchev–Trinajstić information content (AvgIpc) is 2.28. The summed E-state index contributed by atoms with van der Waals surface area (Å²) >= 11 is 0. The van der Waals surface area contributed by atoms with E-state index in [0.717, 1.165) is 0 Å². The van der Waals surface area contributed by atoms with Crippen LogP contribution in [0.4, 0.5) is 0 Å². The highest BCUT2D eigenvalue weighted by Gasteiger charge is 2.12. The van der Waals surface area contributed by atoms with Gasteiger partial charge in [0.2, 0.25) is 0 Å². The molecule has 14 heavy (non-hydrogen) atoms. The van der Waals surface area contributed by atoms with Gasteiger partial charge >= 0.3 is 0 Å². The molecule has 0 saturated carbocycles. The van der Waals surface area contributed by atoms with Crippen molar-refractivity contribution in [3.05, 3.63) is 64.7 Å². The normalized spacial score (nSPS) is 20.9. The van der Waals surface area contributed by atoms with Crippen LogP contribution in [0.25, 0.3) is 0 Å².